The fourth-order valence-electron chi connectivity index (χ4n) is 1.47. The molecule has 0 aliphatic carbocycles. The van der Waals surface area contributed by atoms with E-state index in [4.69, 9.17) is 5.73 Å². The van der Waals surface area contributed by atoms with Gasteiger partial charge >= 0.3 is 5.97 Å². The largest absolute Gasteiger partial charge is 0.468 e. The second-order valence-electron chi connectivity index (χ2n) is 3.64. The molecule has 0 aliphatic rings. The van der Waals surface area contributed by atoms with Gasteiger partial charge in [0.1, 0.15) is 6.04 Å². The summed E-state index contributed by atoms with van der Waals surface area (Å²) in [7, 11) is 1.34. The van der Waals surface area contributed by atoms with Crippen molar-refractivity contribution >= 4 is 5.97 Å². The highest BCUT2D eigenvalue weighted by Gasteiger charge is 2.13. The fourth-order valence-corrected chi connectivity index (χ4v) is 1.47. The van der Waals surface area contributed by atoms with Crippen LogP contribution in [0.25, 0.3) is 0 Å². The predicted molar refractivity (Wildman–Crippen MR) is 64.0 cm³/mol. The lowest BCUT2D eigenvalue weighted by Gasteiger charge is -2.09. The molecule has 0 heterocycles. The van der Waals surface area contributed by atoms with E-state index in [0.717, 1.165) is 12.0 Å². The maximum absolute atomic E-state index is 11.1. The SMILES string of the molecule is C=CCc1ccc(C[C@H](N)C(=O)OC)cc1. The van der Waals surface area contributed by atoms with Crippen molar-refractivity contribution in [2.24, 2.45) is 5.73 Å². The third-order valence-corrected chi connectivity index (χ3v) is 2.36. The first-order chi connectivity index (χ1) is 7.67. The molecule has 0 spiro atoms. The third kappa shape index (κ3) is 3.51. The standard InChI is InChI=1S/C13H17NO2/c1-3-4-10-5-7-11(8-6-10)9-12(14)13(15)16-2/h3,5-8,12H,1,4,9,14H2,2H3/t12-/m0/s1. The quantitative estimate of drug-likeness (QED) is 0.602. The number of carbonyl (C=O) groups excluding carboxylic acids is 1. The lowest BCUT2D eigenvalue weighted by Crippen LogP contribution is -2.33. The van der Waals surface area contributed by atoms with Crippen molar-refractivity contribution < 1.29 is 9.53 Å². The second-order valence-corrected chi connectivity index (χ2v) is 3.64. The van der Waals surface area contributed by atoms with E-state index in [-0.39, 0.29) is 5.97 Å². The molecule has 1 rings (SSSR count). The Kier molecular flexibility index (Phi) is 4.73. The average molecular weight is 219 g/mol. The molecule has 0 aromatic heterocycles. The maximum Gasteiger partial charge on any atom is 0.322 e. The van der Waals surface area contributed by atoms with Gasteiger partial charge in [0, 0.05) is 0 Å². The van der Waals surface area contributed by atoms with Gasteiger partial charge in [-0.3, -0.25) is 4.79 Å². The van der Waals surface area contributed by atoms with Gasteiger partial charge < -0.3 is 10.5 Å². The van der Waals surface area contributed by atoms with E-state index in [2.05, 4.69) is 11.3 Å². The number of benzene rings is 1. The molecule has 2 N–H and O–H groups in total. The van der Waals surface area contributed by atoms with Gasteiger partial charge in [-0.25, -0.2) is 0 Å². The van der Waals surface area contributed by atoms with Gasteiger partial charge in [0.2, 0.25) is 0 Å². The van der Waals surface area contributed by atoms with Crippen molar-refractivity contribution in [3.05, 3.63) is 48.0 Å². The van der Waals surface area contributed by atoms with E-state index >= 15 is 0 Å². The van der Waals surface area contributed by atoms with Crippen LogP contribution < -0.4 is 5.73 Å². The Morgan fingerprint density at radius 1 is 1.44 bits per heavy atom. The summed E-state index contributed by atoms with van der Waals surface area (Å²) in [6.07, 6.45) is 3.21. The lowest BCUT2D eigenvalue weighted by molar-refractivity contribution is -0.142. The number of hydrogen-bond donors (Lipinski definition) is 1. The predicted octanol–water partition coefficient (Wildman–Crippen LogP) is 1.46. The van der Waals surface area contributed by atoms with Crippen LogP contribution >= 0.6 is 0 Å². The van der Waals surface area contributed by atoms with Crippen LogP contribution in [0.1, 0.15) is 11.1 Å². The Labute approximate surface area is 95.9 Å². The highest BCUT2D eigenvalue weighted by molar-refractivity contribution is 5.75. The molecule has 0 unspecified atom stereocenters. The minimum atomic E-state index is -0.588. The smallest absolute Gasteiger partial charge is 0.322 e. The normalized spacial score (nSPS) is 11.9. The van der Waals surface area contributed by atoms with Crippen molar-refractivity contribution in [1.29, 1.82) is 0 Å². The van der Waals surface area contributed by atoms with Crippen LogP contribution in [0.3, 0.4) is 0 Å². The Morgan fingerprint density at radius 2 is 2.00 bits per heavy atom. The van der Waals surface area contributed by atoms with Gasteiger partial charge in [0.25, 0.3) is 0 Å². The zero-order valence-electron chi connectivity index (χ0n) is 9.48. The molecule has 1 aromatic carbocycles. The topological polar surface area (TPSA) is 52.3 Å². The first-order valence-corrected chi connectivity index (χ1v) is 5.19. The highest BCUT2D eigenvalue weighted by Crippen LogP contribution is 2.07. The highest BCUT2D eigenvalue weighted by atomic mass is 16.5. The molecule has 1 atom stereocenters. The van der Waals surface area contributed by atoms with Crippen LogP contribution in [0, 0.1) is 0 Å². The van der Waals surface area contributed by atoms with Crippen molar-refractivity contribution in [2.75, 3.05) is 7.11 Å². The summed E-state index contributed by atoms with van der Waals surface area (Å²) in [5, 5.41) is 0. The number of rotatable bonds is 5. The number of hydrogen-bond acceptors (Lipinski definition) is 3. The second kappa shape index (κ2) is 6.08. The Balaban J connectivity index is 2.61. The summed E-state index contributed by atoms with van der Waals surface area (Å²) in [6, 6.07) is 7.39. The van der Waals surface area contributed by atoms with Gasteiger partial charge in [-0.1, -0.05) is 30.3 Å². The van der Waals surface area contributed by atoms with Crippen LogP contribution in [0.5, 0.6) is 0 Å². The number of nitrogens with two attached hydrogens (primary N) is 1. The summed E-state index contributed by atoms with van der Waals surface area (Å²) in [5.74, 6) is -0.379. The van der Waals surface area contributed by atoms with Gasteiger partial charge in [-0.05, 0) is 24.0 Å². The van der Waals surface area contributed by atoms with Crippen LogP contribution in [0.2, 0.25) is 0 Å². The first kappa shape index (κ1) is 12.5. The Bertz CT molecular complexity index is 357. The van der Waals surface area contributed by atoms with E-state index in [1.807, 2.05) is 30.3 Å². The maximum atomic E-state index is 11.1. The first-order valence-electron chi connectivity index (χ1n) is 5.19. The van der Waals surface area contributed by atoms with E-state index in [0.29, 0.717) is 6.42 Å². The third-order valence-electron chi connectivity index (χ3n) is 2.36. The number of methoxy groups -OCH3 is 1. The van der Waals surface area contributed by atoms with Crippen molar-refractivity contribution in [2.45, 2.75) is 18.9 Å². The molecule has 0 radical (unpaired) electrons. The number of carbonyl (C=O) groups is 1. The lowest BCUT2D eigenvalue weighted by atomic mass is 10.0. The summed E-state index contributed by atoms with van der Waals surface area (Å²) >= 11 is 0. The van der Waals surface area contributed by atoms with Crippen molar-refractivity contribution in [3.63, 3.8) is 0 Å². The monoisotopic (exact) mass is 219 g/mol. The van der Waals surface area contributed by atoms with Crippen LogP contribution in [-0.2, 0) is 22.4 Å². The molecule has 1 aromatic rings. The molecular formula is C13H17NO2. The van der Waals surface area contributed by atoms with Gasteiger partial charge in [-0.15, -0.1) is 6.58 Å². The number of ether oxygens (including phenoxy) is 1. The van der Waals surface area contributed by atoms with Gasteiger partial charge in [0.05, 0.1) is 7.11 Å². The van der Waals surface area contributed by atoms with Gasteiger partial charge in [0.15, 0.2) is 0 Å². The molecule has 0 saturated heterocycles. The zero-order chi connectivity index (χ0) is 12.0. The van der Waals surface area contributed by atoms with Crippen LogP contribution in [0.15, 0.2) is 36.9 Å². The molecule has 16 heavy (non-hydrogen) atoms. The Hall–Kier alpha value is -1.61. The summed E-state index contributed by atoms with van der Waals surface area (Å²) in [4.78, 5) is 11.1. The molecular weight excluding hydrogens is 202 g/mol. The van der Waals surface area contributed by atoms with Gasteiger partial charge in [-0.2, -0.15) is 0 Å². The fraction of sp³-hybridized carbons (Fsp3) is 0.308. The average Bonchev–Trinajstić information content (AvgIpc) is 2.31. The molecule has 0 amide bonds. The Morgan fingerprint density at radius 3 is 2.50 bits per heavy atom. The molecule has 0 saturated carbocycles. The number of esters is 1. The molecule has 3 nitrogen and oxygen atoms in total. The van der Waals surface area contributed by atoms with Crippen molar-refractivity contribution in [3.8, 4) is 0 Å². The molecule has 0 bridgehead atoms. The van der Waals surface area contributed by atoms with E-state index < -0.39 is 6.04 Å². The van der Waals surface area contributed by atoms with Crippen LogP contribution in [-0.4, -0.2) is 19.1 Å². The minimum absolute atomic E-state index is 0.379. The molecule has 3 heteroatoms. The summed E-state index contributed by atoms with van der Waals surface area (Å²) in [5.41, 5.74) is 7.90. The molecule has 0 fully saturated rings. The van der Waals surface area contributed by atoms with Crippen LogP contribution in [0.4, 0.5) is 0 Å². The number of allylic oxidation sites excluding steroid dienone is 1. The minimum Gasteiger partial charge on any atom is -0.468 e. The van der Waals surface area contributed by atoms with Crippen molar-refractivity contribution in [1.82, 2.24) is 0 Å². The summed E-state index contributed by atoms with van der Waals surface area (Å²) in [6.45, 7) is 3.68. The van der Waals surface area contributed by atoms with E-state index in [1.54, 1.807) is 0 Å². The van der Waals surface area contributed by atoms with E-state index in [1.165, 1.54) is 12.7 Å². The molecule has 0 aliphatic heterocycles. The summed E-state index contributed by atoms with van der Waals surface area (Å²) < 4.78 is 4.57. The zero-order valence-corrected chi connectivity index (χ0v) is 9.48. The van der Waals surface area contributed by atoms with E-state index in [9.17, 15) is 4.79 Å². The molecule has 86 valence electrons.